The van der Waals surface area contributed by atoms with Gasteiger partial charge in [-0.3, -0.25) is 4.79 Å². The number of hydrogen-bond donors (Lipinski definition) is 0. The average Bonchev–Trinajstić information content (AvgIpc) is 3.14. The van der Waals surface area contributed by atoms with E-state index < -0.39 is 0 Å². The van der Waals surface area contributed by atoms with Crippen molar-refractivity contribution in [1.82, 2.24) is 29.4 Å². The summed E-state index contributed by atoms with van der Waals surface area (Å²) in [4.78, 5) is 15.4. The minimum atomic E-state index is -0.184. The standard InChI is InChI=1S/C21H23N7O2/c1-25-10-12-26(13-11-25)27-9-8-17-19(21(27)29)22-23-20-18(15-6-4-3-5-7-15)16(14-30-2)24-28(17)20/h3-9H,10-14H2,1-2H3. The first-order valence-electron chi connectivity index (χ1n) is 9.95. The second-order valence-electron chi connectivity index (χ2n) is 7.51. The van der Waals surface area contributed by atoms with Crippen molar-refractivity contribution in [2.24, 2.45) is 0 Å². The third kappa shape index (κ3) is 3.03. The Hall–Kier alpha value is -3.30. The van der Waals surface area contributed by atoms with Crippen molar-refractivity contribution in [3.63, 3.8) is 0 Å². The highest BCUT2D eigenvalue weighted by Gasteiger charge is 2.21. The molecule has 30 heavy (non-hydrogen) atoms. The van der Waals surface area contributed by atoms with Crippen LogP contribution in [0.25, 0.3) is 27.8 Å². The summed E-state index contributed by atoms with van der Waals surface area (Å²) >= 11 is 0. The molecule has 0 spiro atoms. The van der Waals surface area contributed by atoms with E-state index >= 15 is 0 Å². The third-order valence-corrected chi connectivity index (χ3v) is 5.56. The number of methoxy groups -OCH3 is 1. The van der Waals surface area contributed by atoms with Gasteiger partial charge in [0, 0.05) is 39.5 Å². The van der Waals surface area contributed by atoms with Gasteiger partial charge in [0.05, 0.1) is 17.9 Å². The number of nitrogens with zero attached hydrogens (tertiary/aromatic N) is 7. The molecule has 1 saturated heterocycles. The zero-order valence-electron chi connectivity index (χ0n) is 17.0. The SMILES string of the molecule is COCc1nn2c(nnc3c(=O)n(N4CCN(C)CC4)ccc32)c1-c1ccccc1. The van der Waals surface area contributed by atoms with Crippen LogP contribution in [0, 0.1) is 0 Å². The van der Waals surface area contributed by atoms with E-state index in [4.69, 9.17) is 9.84 Å². The number of ether oxygens (including phenoxy) is 1. The van der Waals surface area contributed by atoms with E-state index in [0.717, 1.165) is 43.0 Å². The molecule has 1 fully saturated rings. The predicted octanol–water partition coefficient (Wildman–Crippen LogP) is 1.14. The number of pyridine rings is 1. The number of hydrogen-bond acceptors (Lipinski definition) is 7. The third-order valence-electron chi connectivity index (χ3n) is 5.56. The van der Waals surface area contributed by atoms with Crippen LogP contribution < -0.4 is 10.6 Å². The van der Waals surface area contributed by atoms with Gasteiger partial charge in [-0.1, -0.05) is 30.3 Å². The lowest BCUT2D eigenvalue weighted by Gasteiger charge is -2.34. The fourth-order valence-corrected chi connectivity index (χ4v) is 3.95. The molecular formula is C21H23N7O2. The molecule has 0 atom stereocenters. The average molecular weight is 405 g/mol. The van der Waals surface area contributed by atoms with Gasteiger partial charge in [-0.25, -0.2) is 9.19 Å². The Morgan fingerprint density at radius 2 is 1.80 bits per heavy atom. The van der Waals surface area contributed by atoms with Crippen molar-refractivity contribution in [2.45, 2.75) is 6.61 Å². The van der Waals surface area contributed by atoms with Crippen LogP contribution in [0.2, 0.25) is 0 Å². The topological polar surface area (TPSA) is 80.8 Å². The van der Waals surface area contributed by atoms with Gasteiger partial charge >= 0.3 is 0 Å². The Labute approximate surface area is 173 Å². The number of aromatic nitrogens is 5. The summed E-state index contributed by atoms with van der Waals surface area (Å²) in [6.45, 7) is 3.74. The zero-order chi connectivity index (χ0) is 20.7. The van der Waals surface area contributed by atoms with Crippen molar-refractivity contribution in [1.29, 1.82) is 0 Å². The van der Waals surface area contributed by atoms with Crippen molar-refractivity contribution >= 4 is 16.7 Å². The maximum atomic E-state index is 13.2. The van der Waals surface area contributed by atoms with Crippen LogP contribution in [0.4, 0.5) is 0 Å². The maximum Gasteiger partial charge on any atom is 0.298 e. The lowest BCUT2D eigenvalue weighted by atomic mass is 10.1. The number of rotatable bonds is 4. The first-order valence-corrected chi connectivity index (χ1v) is 9.95. The van der Waals surface area contributed by atoms with Gasteiger partial charge in [0.1, 0.15) is 5.52 Å². The summed E-state index contributed by atoms with van der Waals surface area (Å²) in [5, 5.41) is 15.5. The molecule has 0 N–H and O–H groups in total. The van der Waals surface area contributed by atoms with E-state index in [0.29, 0.717) is 23.3 Å². The molecule has 5 rings (SSSR count). The van der Waals surface area contributed by atoms with Crippen LogP contribution in [0.5, 0.6) is 0 Å². The summed E-state index contributed by atoms with van der Waals surface area (Å²) in [6, 6.07) is 11.8. The van der Waals surface area contributed by atoms with Gasteiger partial charge in [0.15, 0.2) is 11.2 Å². The van der Waals surface area contributed by atoms with E-state index in [9.17, 15) is 4.79 Å². The van der Waals surface area contributed by atoms with Crippen molar-refractivity contribution in [3.8, 4) is 11.1 Å². The molecule has 4 aromatic rings. The molecule has 0 amide bonds. The van der Waals surface area contributed by atoms with Gasteiger partial charge in [0.2, 0.25) is 0 Å². The molecule has 1 aliphatic heterocycles. The van der Waals surface area contributed by atoms with E-state index in [1.807, 2.05) is 41.4 Å². The number of fused-ring (bicyclic) bond motifs is 3. The molecule has 0 bridgehead atoms. The van der Waals surface area contributed by atoms with Crippen LogP contribution in [-0.4, -0.2) is 69.7 Å². The van der Waals surface area contributed by atoms with Crippen LogP contribution in [-0.2, 0) is 11.3 Å². The van der Waals surface area contributed by atoms with Crippen LogP contribution in [0.3, 0.4) is 0 Å². The quantitative estimate of drug-likeness (QED) is 0.504. The minimum Gasteiger partial charge on any atom is -0.378 e. The van der Waals surface area contributed by atoms with Crippen molar-refractivity contribution < 1.29 is 4.74 Å². The van der Waals surface area contributed by atoms with Crippen molar-refractivity contribution in [3.05, 3.63) is 58.6 Å². The summed E-state index contributed by atoms with van der Waals surface area (Å²) in [6.07, 6.45) is 1.80. The highest BCUT2D eigenvalue weighted by Crippen LogP contribution is 2.28. The van der Waals surface area contributed by atoms with Crippen LogP contribution in [0.15, 0.2) is 47.4 Å². The summed E-state index contributed by atoms with van der Waals surface area (Å²) in [7, 11) is 3.72. The fourth-order valence-electron chi connectivity index (χ4n) is 3.95. The van der Waals surface area contributed by atoms with E-state index in [1.54, 1.807) is 22.5 Å². The number of likely N-dealkylation sites (N-methyl/N-ethyl adjacent to an activating group) is 1. The second kappa shape index (κ2) is 7.51. The van der Waals surface area contributed by atoms with E-state index in [2.05, 4.69) is 22.1 Å². The first kappa shape index (κ1) is 18.7. The lowest BCUT2D eigenvalue weighted by Crippen LogP contribution is -2.53. The first-order chi connectivity index (χ1) is 14.7. The molecule has 1 aliphatic rings. The second-order valence-corrected chi connectivity index (χ2v) is 7.51. The Balaban J connectivity index is 1.69. The highest BCUT2D eigenvalue weighted by atomic mass is 16.5. The Kier molecular flexibility index (Phi) is 4.68. The van der Waals surface area contributed by atoms with Crippen molar-refractivity contribution in [2.75, 3.05) is 45.3 Å². The van der Waals surface area contributed by atoms with E-state index in [1.165, 1.54) is 0 Å². The smallest absolute Gasteiger partial charge is 0.298 e. The summed E-state index contributed by atoms with van der Waals surface area (Å²) in [5.74, 6) is 0. The molecule has 0 unspecified atom stereocenters. The Bertz CT molecular complexity index is 1260. The molecule has 0 saturated carbocycles. The Morgan fingerprint density at radius 3 is 2.53 bits per heavy atom. The summed E-state index contributed by atoms with van der Waals surface area (Å²) in [5.41, 5.74) is 3.97. The molecule has 0 aliphatic carbocycles. The van der Waals surface area contributed by atoms with Gasteiger partial charge < -0.3 is 14.6 Å². The van der Waals surface area contributed by atoms with Gasteiger partial charge in [-0.2, -0.15) is 5.10 Å². The normalized spacial score (nSPS) is 15.3. The maximum absolute atomic E-state index is 13.2. The molecule has 0 radical (unpaired) electrons. The highest BCUT2D eigenvalue weighted by molar-refractivity contribution is 5.84. The van der Waals surface area contributed by atoms with Crippen LogP contribution >= 0.6 is 0 Å². The molecule has 4 heterocycles. The fraction of sp³-hybridized carbons (Fsp3) is 0.333. The largest absolute Gasteiger partial charge is 0.378 e. The minimum absolute atomic E-state index is 0.184. The van der Waals surface area contributed by atoms with E-state index in [-0.39, 0.29) is 5.56 Å². The molecular weight excluding hydrogens is 382 g/mol. The molecule has 9 heteroatoms. The zero-order valence-corrected chi connectivity index (χ0v) is 17.0. The summed E-state index contributed by atoms with van der Waals surface area (Å²) < 4.78 is 8.71. The van der Waals surface area contributed by atoms with Gasteiger partial charge in [0.25, 0.3) is 5.56 Å². The molecule has 9 nitrogen and oxygen atoms in total. The molecule has 154 valence electrons. The van der Waals surface area contributed by atoms with Gasteiger partial charge in [-0.05, 0) is 18.7 Å². The van der Waals surface area contributed by atoms with Gasteiger partial charge in [-0.15, -0.1) is 10.2 Å². The molecule has 3 aromatic heterocycles. The Morgan fingerprint density at radius 1 is 1.03 bits per heavy atom. The van der Waals surface area contributed by atoms with Crippen LogP contribution in [0.1, 0.15) is 5.69 Å². The molecule has 1 aromatic carbocycles. The number of piperazine rings is 1. The monoisotopic (exact) mass is 405 g/mol. The number of benzene rings is 1. The lowest BCUT2D eigenvalue weighted by molar-refractivity contribution is 0.181. The predicted molar refractivity (Wildman–Crippen MR) is 114 cm³/mol.